The molecule has 1 radical (unpaired) electrons. The largest absolute Gasteiger partial charge is 2.00 e. The SMILES string of the molecule is CC(=O)[O-].CC(=O)[O-].CC1=[C]([Mn][C]2=C(C)C=CC2)CC=C1.[Mn+2]. The summed E-state index contributed by atoms with van der Waals surface area (Å²) in [5.41, 5.74) is 2.99. The fourth-order valence-corrected chi connectivity index (χ4v) is 3.16. The third-order valence-electron chi connectivity index (χ3n) is 2.41. The number of aliphatic carboxylic acids is 2. The van der Waals surface area contributed by atoms with Crippen LogP contribution in [0.25, 0.3) is 0 Å². The van der Waals surface area contributed by atoms with Crippen LogP contribution in [0.2, 0.25) is 0 Å². The molecular weight excluding hydrogens is 366 g/mol. The number of carboxylic acid groups (broad SMARTS) is 2. The van der Waals surface area contributed by atoms with Crippen LogP contribution in [0.4, 0.5) is 0 Å². The minimum Gasteiger partial charge on any atom is 2.00 e. The number of hydrogen-bond donors (Lipinski definition) is 0. The van der Waals surface area contributed by atoms with Gasteiger partial charge in [0.05, 0.1) is 0 Å². The maximum Gasteiger partial charge on any atom is 2.00 e. The Bertz CT molecular complexity index is 460. The molecule has 0 aromatic heterocycles. The van der Waals surface area contributed by atoms with Gasteiger partial charge in [-0.3, -0.25) is 0 Å². The molecule has 0 saturated carbocycles. The van der Waals surface area contributed by atoms with Crippen molar-refractivity contribution in [2.75, 3.05) is 0 Å². The van der Waals surface area contributed by atoms with E-state index in [1.807, 2.05) is 0 Å². The number of carbonyl (C=O) groups excluding carboxylic acids is 2. The maximum absolute atomic E-state index is 8.89. The van der Waals surface area contributed by atoms with Gasteiger partial charge >= 0.3 is 103 Å². The number of hydrogen-bond acceptors (Lipinski definition) is 4. The van der Waals surface area contributed by atoms with E-state index < -0.39 is 11.9 Å². The predicted molar refractivity (Wildman–Crippen MR) is 74.3 cm³/mol. The average molecular weight is 386 g/mol. The van der Waals surface area contributed by atoms with Gasteiger partial charge in [0.1, 0.15) is 0 Å². The topological polar surface area (TPSA) is 80.3 Å². The zero-order valence-corrected chi connectivity index (χ0v) is 15.5. The average Bonchev–Trinajstić information content (AvgIpc) is 2.89. The van der Waals surface area contributed by atoms with Crippen molar-refractivity contribution in [2.45, 2.75) is 40.5 Å². The Labute approximate surface area is 148 Å². The van der Waals surface area contributed by atoms with E-state index in [0.717, 1.165) is 28.8 Å². The summed E-state index contributed by atoms with van der Waals surface area (Å²) >= 11 is 0.902. The van der Waals surface area contributed by atoms with Gasteiger partial charge in [0.2, 0.25) is 0 Å². The Morgan fingerprint density at radius 3 is 1.36 bits per heavy atom. The molecule has 2 aliphatic rings. The van der Waals surface area contributed by atoms with Crippen molar-refractivity contribution in [3.8, 4) is 0 Å². The molecule has 0 atom stereocenters. The Hall–Kier alpha value is -1.06. The van der Waals surface area contributed by atoms with Gasteiger partial charge in [-0.2, -0.15) is 0 Å². The Kier molecular flexibility index (Phi) is 13.2. The molecule has 0 saturated heterocycles. The maximum atomic E-state index is 8.89. The van der Waals surface area contributed by atoms with Crippen LogP contribution < -0.4 is 10.2 Å². The molecule has 0 heterocycles. The normalized spacial score (nSPS) is 14.7. The van der Waals surface area contributed by atoms with Crippen LogP contribution in [-0.4, -0.2) is 11.9 Å². The molecule has 0 amide bonds. The standard InChI is InChI=1S/2C6H7.2C2H4O2.2Mn/c2*1-6-4-2-3-5-6;2*1-2(3)4;;/h2*2,4H,3H2,1H3;2*1H3,(H,3,4);;/q;;;;;+2/p-2. The molecule has 0 spiro atoms. The van der Waals surface area contributed by atoms with Crippen molar-refractivity contribution >= 4 is 11.9 Å². The van der Waals surface area contributed by atoms with E-state index in [-0.39, 0.29) is 17.1 Å². The van der Waals surface area contributed by atoms with Crippen molar-refractivity contribution in [1.82, 2.24) is 0 Å². The van der Waals surface area contributed by atoms with Crippen molar-refractivity contribution in [1.29, 1.82) is 0 Å². The summed E-state index contributed by atoms with van der Waals surface area (Å²) in [7, 11) is 0. The van der Waals surface area contributed by atoms with Crippen LogP contribution in [0.5, 0.6) is 0 Å². The monoisotopic (exact) mass is 386 g/mol. The second-order valence-electron chi connectivity index (χ2n) is 4.47. The fraction of sp³-hybridized carbons (Fsp3) is 0.375. The van der Waals surface area contributed by atoms with Gasteiger partial charge in [-0.15, -0.1) is 0 Å². The molecule has 0 fully saturated rings. The minimum atomic E-state index is -1.08. The number of rotatable bonds is 2. The first-order valence-electron chi connectivity index (χ1n) is 6.46. The Morgan fingerprint density at radius 2 is 1.18 bits per heavy atom. The Morgan fingerprint density at radius 1 is 0.909 bits per heavy atom. The van der Waals surface area contributed by atoms with Gasteiger partial charge in [0, 0.05) is 11.9 Å². The third kappa shape index (κ3) is 11.6. The van der Waals surface area contributed by atoms with Gasteiger partial charge in [-0.05, 0) is 13.8 Å². The molecular formula is C16H20Mn2O4. The zero-order chi connectivity index (χ0) is 16.4. The molecule has 2 aliphatic carbocycles. The molecule has 4 nitrogen and oxygen atoms in total. The van der Waals surface area contributed by atoms with Gasteiger partial charge in [-0.25, -0.2) is 0 Å². The van der Waals surface area contributed by atoms with Crippen LogP contribution in [0.15, 0.2) is 44.4 Å². The summed E-state index contributed by atoms with van der Waals surface area (Å²) in [4.78, 5) is 17.8. The second kappa shape index (κ2) is 12.5. The van der Waals surface area contributed by atoms with E-state index >= 15 is 0 Å². The van der Waals surface area contributed by atoms with E-state index in [1.165, 1.54) is 24.0 Å². The number of carbonyl (C=O) groups is 2. The van der Waals surface area contributed by atoms with E-state index in [1.54, 1.807) is 8.94 Å². The van der Waals surface area contributed by atoms with Crippen molar-refractivity contribution in [3.63, 3.8) is 0 Å². The van der Waals surface area contributed by atoms with Crippen molar-refractivity contribution in [2.24, 2.45) is 0 Å². The first kappa shape index (κ1) is 23.2. The summed E-state index contributed by atoms with van der Waals surface area (Å²) in [6, 6.07) is 0. The summed E-state index contributed by atoms with van der Waals surface area (Å²) < 4.78 is 3.28. The van der Waals surface area contributed by atoms with Gasteiger partial charge in [-0.1, -0.05) is 0 Å². The van der Waals surface area contributed by atoms with Crippen molar-refractivity contribution in [3.05, 3.63) is 44.4 Å². The van der Waals surface area contributed by atoms with Crippen LogP contribution in [0, 0.1) is 0 Å². The van der Waals surface area contributed by atoms with E-state index in [0.29, 0.717) is 0 Å². The van der Waals surface area contributed by atoms with Gasteiger partial charge in [0.25, 0.3) is 0 Å². The molecule has 0 aromatic rings. The Balaban J connectivity index is 0. The van der Waals surface area contributed by atoms with E-state index in [9.17, 15) is 0 Å². The van der Waals surface area contributed by atoms with Crippen molar-refractivity contribution < 1.29 is 51.8 Å². The molecule has 6 heteroatoms. The molecule has 0 aliphatic heterocycles. The zero-order valence-electron chi connectivity index (χ0n) is 13.1. The summed E-state index contributed by atoms with van der Waals surface area (Å²) in [5, 5.41) is 17.8. The van der Waals surface area contributed by atoms with Crippen LogP contribution in [0.1, 0.15) is 40.5 Å². The first-order chi connectivity index (χ1) is 9.73. The molecule has 122 valence electrons. The van der Waals surface area contributed by atoms with E-state index in [4.69, 9.17) is 19.8 Å². The molecule has 0 bridgehead atoms. The van der Waals surface area contributed by atoms with Gasteiger partial charge < -0.3 is 19.8 Å². The van der Waals surface area contributed by atoms with E-state index in [2.05, 4.69) is 38.2 Å². The van der Waals surface area contributed by atoms with Crippen LogP contribution in [0.3, 0.4) is 0 Å². The molecule has 0 aromatic carbocycles. The second-order valence-corrected chi connectivity index (χ2v) is 6.19. The summed E-state index contributed by atoms with van der Waals surface area (Å²) in [5.74, 6) is -2.17. The number of allylic oxidation sites excluding steroid dienone is 8. The minimum absolute atomic E-state index is 0. The molecule has 0 unspecified atom stereocenters. The fourth-order valence-electron chi connectivity index (χ4n) is 1.55. The third-order valence-corrected chi connectivity index (χ3v) is 4.54. The molecule has 2 rings (SSSR count). The van der Waals surface area contributed by atoms with Crippen LogP contribution in [-0.2, 0) is 41.6 Å². The summed E-state index contributed by atoms with van der Waals surface area (Å²) in [6.45, 7) is 6.40. The number of carboxylic acids is 2. The van der Waals surface area contributed by atoms with Crippen LogP contribution >= 0.6 is 0 Å². The quantitative estimate of drug-likeness (QED) is 0.665. The molecule has 0 N–H and O–H groups in total. The van der Waals surface area contributed by atoms with Gasteiger partial charge in [0.15, 0.2) is 0 Å². The molecule has 22 heavy (non-hydrogen) atoms. The summed E-state index contributed by atoms with van der Waals surface area (Å²) in [6.07, 6.45) is 11.4. The smallest absolute Gasteiger partial charge is 2.00 e. The first-order valence-corrected chi connectivity index (χ1v) is 7.64. The predicted octanol–water partition coefficient (Wildman–Crippen LogP) is 1.05.